The van der Waals surface area contributed by atoms with Gasteiger partial charge in [-0.05, 0) is 32.6 Å². The summed E-state index contributed by atoms with van der Waals surface area (Å²) in [5.41, 5.74) is 2.60. The van der Waals surface area contributed by atoms with Crippen LogP contribution in [0.4, 0.5) is 0 Å². The molecule has 0 fully saturated rings. The topological polar surface area (TPSA) is 23.5 Å². The molecule has 1 heterocycles. The van der Waals surface area contributed by atoms with Crippen LogP contribution in [0.5, 0.6) is 0 Å². The monoisotopic (exact) mass is 253 g/mol. The third-order valence-corrected chi connectivity index (χ3v) is 3.99. The minimum Gasteiger partial charge on any atom is -0.289 e. The second-order valence-corrected chi connectivity index (χ2v) is 5.68. The van der Waals surface area contributed by atoms with Crippen molar-refractivity contribution in [2.24, 2.45) is 0 Å². The molecule has 1 rings (SSSR count). The maximum Gasteiger partial charge on any atom is 0.0452 e. The molecule has 2 heteroatoms. The summed E-state index contributed by atoms with van der Waals surface area (Å²) in [5.74, 6) is 0. The smallest absolute Gasteiger partial charge is 0.0452 e. The predicted octanol–water partition coefficient (Wildman–Crippen LogP) is 5.28. The van der Waals surface area contributed by atoms with Crippen molar-refractivity contribution < 1.29 is 5.21 Å². The van der Waals surface area contributed by atoms with Crippen molar-refractivity contribution in [1.29, 1.82) is 0 Å². The normalized spacial score (nSPS) is 16.5. The third-order valence-electron chi connectivity index (χ3n) is 3.99. The minimum atomic E-state index is 0.823. The van der Waals surface area contributed by atoms with Gasteiger partial charge in [-0.1, -0.05) is 57.4 Å². The molecule has 1 N–H and O–H groups in total. The fourth-order valence-corrected chi connectivity index (χ4v) is 2.76. The lowest BCUT2D eigenvalue weighted by Crippen LogP contribution is -2.25. The highest BCUT2D eigenvalue weighted by molar-refractivity contribution is 5.12. The summed E-state index contributed by atoms with van der Waals surface area (Å²) in [6.45, 7) is 5.26. The fraction of sp³-hybridized carbons (Fsp3) is 0.875. The molecule has 0 spiro atoms. The van der Waals surface area contributed by atoms with Crippen LogP contribution in [0.15, 0.2) is 11.3 Å². The summed E-state index contributed by atoms with van der Waals surface area (Å²) in [6.07, 6.45) is 14.2. The van der Waals surface area contributed by atoms with Gasteiger partial charge in [-0.2, -0.15) is 0 Å². The van der Waals surface area contributed by atoms with Crippen LogP contribution in [0.2, 0.25) is 0 Å². The highest BCUT2D eigenvalue weighted by Gasteiger charge is 2.14. The Hall–Kier alpha value is -0.500. The largest absolute Gasteiger partial charge is 0.289 e. The summed E-state index contributed by atoms with van der Waals surface area (Å²) >= 11 is 0. The lowest BCUT2D eigenvalue weighted by Gasteiger charge is -2.27. The Kier molecular flexibility index (Phi) is 8.15. The van der Waals surface area contributed by atoms with Gasteiger partial charge in [0.1, 0.15) is 0 Å². The zero-order chi connectivity index (χ0) is 13.2. The molecule has 0 aromatic carbocycles. The average molecular weight is 253 g/mol. The van der Waals surface area contributed by atoms with Gasteiger partial charge in [0, 0.05) is 12.2 Å². The average Bonchev–Trinajstić information content (AvgIpc) is 2.35. The summed E-state index contributed by atoms with van der Waals surface area (Å²) in [7, 11) is 0. The lowest BCUT2D eigenvalue weighted by atomic mass is 10.0. The van der Waals surface area contributed by atoms with Gasteiger partial charge in [0.2, 0.25) is 0 Å². The molecule has 0 amide bonds. The molecule has 2 nitrogen and oxygen atoms in total. The highest BCUT2D eigenvalue weighted by atomic mass is 16.5. The van der Waals surface area contributed by atoms with Crippen LogP contribution >= 0.6 is 0 Å². The van der Waals surface area contributed by atoms with E-state index in [0.29, 0.717) is 0 Å². The molecule has 0 aliphatic carbocycles. The first-order chi connectivity index (χ1) is 8.75. The Labute approximate surface area is 113 Å². The van der Waals surface area contributed by atoms with Gasteiger partial charge in [-0.3, -0.25) is 10.3 Å². The van der Waals surface area contributed by atoms with Crippen molar-refractivity contribution in [3.63, 3.8) is 0 Å². The van der Waals surface area contributed by atoms with Crippen LogP contribution in [0.1, 0.15) is 84.5 Å². The lowest BCUT2D eigenvalue weighted by molar-refractivity contribution is -0.0657. The van der Waals surface area contributed by atoms with Gasteiger partial charge in [0.05, 0.1) is 0 Å². The Morgan fingerprint density at radius 2 is 1.61 bits per heavy atom. The summed E-state index contributed by atoms with van der Waals surface area (Å²) in [5, 5.41) is 11.3. The van der Waals surface area contributed by atoms with E-state index < -0.39 is 0 Å². The maximum absolute atomic E-state index is 9.81. The van der Waals surface area contributed by atoms with E-state index in [9.17, 15) is 5.21 Å². The third kappa shape index (κ3) is 5.90. The Morgan fingerprint density at radius 1 is 1.00 bits per heavy atom. The summed E-state index contributed by atoms with van der Waals surface area (Å²) in [4.78, 5) is 0. The Morgan fingerprint density at radius 3 is 2.22 bits per heavy atom. The molecule has 0 aromatic heterocycles. The number of unbranched alkanes of at least 4 members (excludes halogenated alkanes) is 7. The number of hydroxylamine groups is 2. The van der Waals surface area contributed by atoms with Gasteiger partial charge < -0.3 is 0 Å². The van der Waals surface area contributed by atoms with Crippen molar-refractivity contribution in [2.45, 2.75) is 84.5 Å². The van der Waals surface area contributed by atoms with Crippen LogP contribution in [-0.4, -0.2) is 16.8 Å². The van der Waals surface area contributed by atoms with Crippen LogP contribution in [0.3, 0.4) is 0 Å². The van der Waals surface area contributed by atoms with Gasteiger partial charge in [-0.25, -0.2) is 0 Å². The maximum atomic E-state index is 9.81. The number of hydrogen-bond donors (Lipinski definition) is 1. The van der Waals surface area contributed by atoms with Crippen LogP contribution in [0.25, 0.3) is 0 Å². The van der Waals surface area contributed by atoms with Crippen molar-refractivity contribution in [3.05, 3.63) is 11.3 Å². The van der Waals surface area contributed by atoms with Crippen molar-refractivity contribution in [2.75, 3.05) is 6.54 Å². The molecule has 106 valence electrons. The second kappa shape index (κ2) is 9.43. The SMILES string of the molecule is CCCCCCCCCCC1=C(C)CCCN1O. The number of allylic oxidation sites excluding steroid dienone is 2. The molecular weight excluding hydrogens is 222 g/mol. The van der Waals surface area contributed by atoms with E-state index in [1.54, 1.807) is 0 Å². The molecule has 0 bridgehead atoms. The molecule has 0 saturated heterocycles. The minimum absolute atomic E-state index is 0.823. The molecule has 0 radical (unpaired) electrons. The zero-order valence-corrected chi connectivity index (χ0v) is 12.4. The van der Waals surface area contributed by atoms with E-state index in [-0.39, 0.29) is 0 Å². The van der Waals surface area contributed by atoms with Gasteiger partial charge in [-0.15, -0.1) is 0 Å². The summed E-state index contributed by atoms with van der Waals surface area (Å²) < 4.78 is 0. The first kappa shape index (κ1) is 15.6. The zero-order valence-electron chi connectivity index (χ0n) is 12.4. The van der Waals surface area contributed by atoms with Crippen molar-refractivity contribution in [3.8, 4) is 0 Å². The standard InChI is InChI=1S/C16H31NO/c1-3-4-5-6-7-8-9-10-13-16-15(2)12-11-14-17(16)18/h18H,3-14H2,1-2H3. The molecule has 1 aliphatic heterocycles. The van der Waals surface area contributed by atoms with E-state index in [1.165, 1.54) is 74.1 Å². The Bertz CT molecular complexity index is 247. The Balaban J connectivity index is 2.03. The molecule has 18 heavy (non-hydrogen) atoms. The first-order valence-electron chi connectivity index (χ1n) is 7.90. The van der Waals surface area contributed by atoms with Gasteiger partial charge in [0.25, 0.3) is 0 Å². The fourth-order valence-electron chi connectivity index (χ4n) is 2.76. The summed E-state index contributed by atoms with van der Waals surface area (Å²) in [6, 6.07) is 0. The van der Waals surface area contributed by atoms with E-state index in [0.717, 1.165) is 19.4 Å². The number of hydrogen-bond acceptors (Lipinski definition) is 2. The first-order valence-corrected chi connectivity index (χ1v) is 7.90. The van der Waals surface area contributed by atoms with Crippen LogP contribution in [0, 0.1) is 0 Å². The molecular formula is C16H31NO. The molecule has 0 saturated carbocycles. The van der Waals surface area contributed by atoms with Crippen molar-refractivity contribution in [1.82, 2.24) is 5.06 Å². The van der Waals surface area contributed by atoms with E-state index in [4.69, 9.17) is 0 Å². The molecule has 0 atom stereocenters. The van der Waals surface area contributed by atoms with Gasteiger partial charge >= 0.3 is 0 Å². The quantitative estimate of drug-likeness (QED) is 0.565. The molecule has 0 aromatic rings. The van der Waals surface area contributed by atoms with E-state index in [1.807, 2.05) is 0 Å². The van der Waals surface area contributed by atoms with Crippen LogP contribution in [-0.2, 0) is 0 Å². The van der Waals surface area contributed by atoms with Crippen molar-refractivity contribution >= 4 is 0 Å². The van der Waals surface area contributed by atoms with E-state index in [2.05, 4.69) is 13.8 Å². The van der Waals surface area contributed by atoms with Crippen LogP contribution < -0.4 is 0 Å². The number of nitrogens with zero attached hydrogens (tertiary/aromatic N) is 1. The second-order valence-electron chi connectivity index (χ2n) is 5.68. The highest BCUT2D eigenvalue weighted by Crippen LogP contribution is 2.24. The molecule has 1 aliphatic rings. The molecule has 0 unspecified atom stereocenters. The predicted molar refractivity (Wildman–Crippen MR) is 77.7 cm³/mol. The number of rotatable bonds is 9. The van der Waals surface area contributed by atoms with Gasteiger partial charge in [0.15, 0.2) is 0 Å². The van der Waals surface area contributed by atoms with E-state index >= 15 is 0 Å².